The monoisotopic (exact) mass is 443 g/mol. The van der Waals surface area contributed by atoms with Gasteiger partial charge < -0.3 is 28.6 Å². The molecule has 0 aliphatic carbocycles. The number of benzene rings is 1. The first-order chi connectivity index (χ1) is 15.0. The standard InChI is InChI=1S/C22H21NO7S/c1-27-6-4-7-29-19-11-17-13(9-18(19)28-2)15-10-16(24)14(22(25)26)12-23(15)21(30-17)20-5-3-8-31-20/h3,5,8-12,21H,4,6-7H2,1-2H3,(H,25,26). The van der Waals surface area contributed by atoms with Gasteiger partial charge in [-0.2, -0.15) is 0 Å². The fraction of sp³-hybridized carbons (Fsp3) is 0.273. The van der Waals surface area contributed by atoms with Crippen molar-refractivity contribution in [1.82, 2.24) is 4.57 Å². The number of methoxy groups -OCH3 is 2. The number of rotatable bonds is 8. The molecule has 3 aromatic rings. The molecule has 0 spiro atoms. The van der Waals surface area contributed by atoms with E-state index in [0.717, 1.165) is 4.88 Å². The Morgan fingerprint density at radius 2 is 2.06 bits per heavy atom. The molecule has 0 saturated carbocycles. The van der Waals surface area contributed by atoms with E-state index in [1.54, 1.807) is 23.8 Å². The van der Waals surface area contributed by atoms with Crippen molar-refractivity contribution >= 4 is 17.3 Å². The number of nitrogens with zero attached hydrogens (tertiary/aromatic N) is 1. The summed E-state index contributed by atoms with van der Waals surface area (Å²) < 4.78 is 24.3. The molecule has 1 atom stereocenters. The van der Waals surface area contributed by atoms with Gasteiger partial charge in [0.25, 0.3) is 0 Å². The smallest absolute Gasteiger partial charge is 0.341 e. The molecular weight excluding hydrogens is 422 g/mol. The third-order valence-corrected chi connectivity index (χ3v) is 5.78. The van der Waals surface area contributed by atoms with Gasteiger partial charge in [0.05, 0.1) is 24.3 Å². The number of fused-ring (bicyclic) bond motifs is 3. The lowest BCUT2D eigenvalue weighted by Gasteiger charge is -2.31. The van der Waals surface area contributed by atoms with Gasteiger partial charge in [-0.3, -0.25) is 4.79 Å². The molecular formula is C22H21NO7S. The zero-order chi connectivity index (χ0) is 22.0. The first-order valence-electron chi connectivity index (χ1n) is 9.57. The maximum Gasteiger partial charge on any atom is 0.341 e. The third-order valence-electron chi connectivity index (χ3n) is 4.88. The molecule has 1 unspecified atom stereocenters. The van der Waals surface area contributed by atoms with Crippen molar-refractivity contribution in [1.29, 1.82) is 0 Å². The van der Waals surface area contributed by atoms with Crippen LogP contribution in [0.25, 0.3) is 11.3 Å². The van der Waals surface area contributed by atoms with Crippen LogP contribution in [0.4, 0.5) is 0 Å². The first-order valence-corrected chi connectivity index (χ1v) is 10.4. The van der Waals surface area contributed by atoms with Gasteiger partial charge in [-0.25, -0.2) is 4.79 Å². The second-order valence-electron chi connectivity index (χ2n) is 6.83. The second-order valence-corrected chi connectivity index (χ2v) is 7.81. The van der Waals surface area contributed by atoms with Crippen LogP contribution in [0, 0.1) is 0 Å². The number of hydrogen-bond acceptors (Lipinski definition) is 7. The van der Waals surface area contributed by atoms with Crippen molar-refractivity contribution in [3.63, 3.8) is 0 Å². The minimum absolute atomic E-state index is 0.317. The quantitative estimate of drug-likeness (QED) is 0.531. The van der Waals surface area contributed by atoms with Crippen molar-refractivity contribution in [3.05, 3.63) is 62.6 Å². The van der Waals surface area contributed by atoms with Gasteiger partial charge in [-0.15, -0.1) is 11.3 Å². The average Bonchev–Trinajstić information content (AvgIpc) is 3.29. The fourth-order valence-corrected chi connectivity index (χ4v) is 4.17. The Balaban J connectivity index is 1.84. The van der Waals surface area contributed by atoms with Crippen LogP contribution in [0.1, 0.15) is 27.9 Å². The Morgan fingerprint density at radius 1 is 1.23 bits per heavy atom. The molecule has 0 fully saturated rings. The van der Waals surface area contributed by atoms with Crippen LogP contribution >= 0.6 is 11.3 Å². The number of carbonyl (C=O) groups is 1. The Kier molecular flexibility index (Phi) is 5.97. The van der Waals surface area contributed by atoms with Crippen LogP contribution in [0.2, 0.25) is 0 Å². The molecule has 1 aliphatic heterocycles. The number of aromatic carboxylic acids is 1. The van der Waals surface area contributed by atoms with Gasteiger partial charge in [0, 0.05) is 44.0 Å². The molecule has 31 heavy (non-hydrogen) atoms. The Labute approximate surface area is 182 Å². The highest BCUT2D eigenvalue weighted by atomic mass is 32.1. The molecule has 9 heteroatoms. The van der Waals surface area contributed by atoms with Crippen LogP contribution in [-0.2, 0) is 4.74 Å². The minimum atomic E-state index is -1.28. The highest BCUT2D eigenvalue weighted by molar-refractivity contribution is 7.10. The van der Waals surface area contributed by atoms with Crippen molar-refractivity contribution in [3.8, 4) is 28.5 Å². The molecule has 0 bridgehead atoms. The van der Waals surface area contributed by atoms with Crippen LogP contribution in [-0.4, -0.2) is 43.1 Å². The van der Waals surface area contributed by atoms with E-state index in [0.29, 0.717) is 48.1 Å². The zero-order valence-electron chi connectivity index (χ0n) is 17.0. The topological polar surface area (TPSA) is 96.2 Å². The number of hydrogen-bond donors (Lipinski definition) is 1. The van der Waals surface area contributed by atoms with Gasteiger partial charge in [-0.05, 0) is 17.5 Å². The molecule has 0 radical (unpaired) electrons. The molecule has 0 amide bonds. The molecule has 2 aromatic heterocycles. The van der Waals surface area contributed by atoms with Crippen molar-refractivity contribution < 1.29 is 28.8 Å². The summed E-state index contributed by atoms with van der Waals surface area (Å²) in [6.07, 6.45) is 1.43. The molecule has 1 aliphatic rings. The molecule has 162 valence electrons. The Hall–Kier alpha value is -3.30. The van der Waals surface area contributed by atoms with Crippen LogP contribution in [0.3, 0.4) is 0 Å². The molecule has 4 rings (SSSR count). The predicted molar refractivity (Wildman–Crippen MR) is 115 cm³/mol. The lowest BCUT2D eigenvalue weighted by Crippen LogP contribution is -2.27. The molecule has 1 aromatic carbocycles. The Bertz CT molecular complexity index is 1150. The summed E-state index contributed by atoms with van der Waals surface area (Å²) >= 11 is 1.48. The van der Waals surface area contributed by atoms with E-state index in [2.05, 4.69) is 0 Å². The molecule has 3 heterocycles. The highest BCUT2D eigenvalue weighted by Gasteiger charge is 2.30. The lowest BCUT2D eigenvalue weighted by molar-refractivity contribution is 0.0693. The molecule has 8 nitrogen and oxygen atoms in total. The largest absolute Gasteiger partial charge is 0.493 e. The zero-order valence-corrected chi connectivity index (χ0v) is 17.8. The summed E-state index contributed by atoms with van der Waals surface area (Å²) in [5.41, 5.74) is 0.264. The third kappa shape index (κ3) is 4.01. The van der Waals surface area contributed by atoms with E-state index < -0.39 is 17.6 Å². The minimum Gasteiger partial charge on any atom is -0.493 e. The van der Waals surface area contributed by atoms with E-state index in [1.165, 1.54) is 30.7 Å². The van der Waals surface area contributed by atoms with E-state index in [-0.39, 0.29) is 5.56 Å². The second kappa shape index (κ2) is 8.83. The number of carboxylic acid groups (broad SMARTS) is 1. The number of carboxylic acids is 1. The van der Waals surface area contributed by atoms with Gasteiger partial charge >= 0.3 is 5.97 Å². The highest BCUT2D eigenvalue weighted by Crippen LogP contribution is 2.46. The Morgan fingerprint density at radius 3 is 2.74 bits per heavy atom. The summed E-state index contributed by atoms with van der Waals surface area (Å²) in [4.78, 5) is 24.9. The van der Waals surface area contributed by atoms with E-state index in [4.69, 9.17) is 18.9 Å². The number of ether oxygens (including phenoxy) is 4. The number of thiophene rings is 1. The summed E-state index contributed by atoms with van der Waals surface area (Å²) in [6, 6.07) is 8.58. The summed E-state index contributed by atoms with van der Waals surface area (Å²) in [6.45, 7) is 1.02. The SMILES string of the molecule is COCCCOc1cc2c(cc1OC)-c1cc(=O)c(C(=O)O)cn1C(c1cccs1)O2. The molecule has 0 saturated heterocycles. The van der Waals surface area contributed by atoms with E-state index in [9.17, 15) is 14.7 Å². The summed E-state index contributed by atoms with van der Waals surface area (Å²) in [5.74, 6) is 0.229. The van der Waals surface area contributed by atoms with Crippen molar-refractivity contribution in [2.24, 2.45) is 0 Å². The normalized spacial score (nSPS) is 14.3. The van der Waals surface area contributed by atoms with Crippen LogP contribution < -0.4 is 19.6 Å². The predicted octanol–water partition coefficient (Wildman–Crippen LogP) is 3.64. The van der Waals surface area contributed by atoms with E-state index >= 15 is 0 Å². The van der Waals surface area contributed by atoms with Crippen LogP contribution in [0.5, 0.6) is 17.2 Å². The van der Waals surface area contributed by atoms with Gasteiger partial charge in [0.1, 0.15) is 11.3 Å². The van der Waals surface area contributed by atoms with Gasteiger partial charge in [0.15, 0.2) is 16.9 Å². The fourth-order valence-electron chi connectivity index (χ4n) is 3.42. The van der Waals surface area contributed by atoms with Crippen LogP contribution in [0.15, 0.2) is 46.7 Å². The lowest BCUT2D eigenvalue weighted by atomic mass is 10.0. The summed E-state index contributed by atoms with van der Waals surface area (Å²) in [5, 5.41) is 11.3. The number of aromatic nitrogens is 1. The average molecular weight is 443 g/mol. The molecule has 1 N–H and O–H groups in total. The number of pyridine rings is 1. The van der Waals surface area contributed by atoms with Gasteiger partial charge in [-0.1, -0.05) is 6.07 Å². The maximum absolute atomic E-state index is 12.5. The maximum atomic E-state index is 12.5. The van der Waals surface area contributed by atoms with Crippen molar-refractivity contribution in [2.45, 2.75) is 12.6 Å². The van der Waals surface area contributed by atoms with Gasteiger partial charge in [0.2, 0.25) is 6.23 Å². The first kappa shape index (κ1) is 21.0. The van der Waals surface area contributed by atoms with E-state index in [1.807, 2.05) is 17.5 Å². The van der Waals surface area contributed by atoms with Crippen molar-refractivity contribution in [2.75, 3.05) is 27.4 Å². The summed E-state index contributed by atoms with van der Waals surface area (Å²) in [7, 11) is 3.16.